The smallest absolute Gasteiger partial charge is 0.255 e. The van der Waals surface area contributed by atoms with Gasteiger partial charge < -0.3 is 19.4 Å². The van der Waals surface area contributed by atoms with E-state index < -0.39 is 0 Å². The second kappa shape index (κ2) is 9.69. The van der Waals surface area contributed by atoms with Crippen LogP contribution in [0, 0.1) is 0 Å². The van der Waals surface area contributed by atoms with Crippen LogP contribution in [0.4, 0.5) is 5.69 Å². The van der Waals surface area contributed by atoms with E-state index >= 15 is 0 Å². The SMILES string of the molecule is COc1ccccc1N1CCN(C(=O)c2ccccc2SCC(=O)N(C)C)CC1. The molecule has 2 aromatic rings. The number of carbonyl (C=O) groups excluding carboxylic acids is 2. The maximum absolute atomic E-state index is 13.1. The third-order valence-corrected chi connectivity index (χ3v) is 6.02. The Labute approximate surface area is 176 Å². The van der Waals surface area contributed by atoms with E-state index in [9.17, 15) is 9.59 Å². The molecule has 1 aliphatic rings. The summed E-state index contributed by atoms with van der Waals surface area (Å²) in [5.74, 6) is 1.21. The molecule has 6 nitrogen and oxygen atoms in total. The number of anilines is 1. The number of carbonyl (C=O) groups is 2. The van der Waals surface area contributed by atoms with Gasteiger partial charge in [0.05, 0.1) is 24.1 Å². The Kier molecular flexibility index (Phi) is 7.04. The zero-order valence-corrected chi connectivity index (χ0v) is 17.9. The molecule has 0 N–H and O–H groups in total. The monoisotopic (exact) mass is 413 g/mol. The zero-order chi connectivity index (χ0) is 20.8. The van der Waals surface area contributed by atoms with E-state index in [0.29, 0.717) is 24.4 Å². The van der Waals surface area contributed by atoms with Crippen LogP contribution >= 0.6 is 11.8 Å². The molecule has 1 saturated heterocycles. The Morgan fingerprint density at radius 3 is 2.34 bits per heavy atom. The summed E-state index contributed by atoms with van der Waals surface area (Å²) in [6.45, 7) is 2.79. The lowest BCUT2D eigenvalue weighted by Gasteiger charge is -2.36. The fourth-order valence-electron chi connectivity index (χ4n) is 3.25. The average Bonchev–Trinajstić information content (AvgIpc) is 2.77. The van der Waals surface area contributed by atoms with Gasteiger partial charge in [-0.15, -0.1) is 11.8 Å². The number of thioether (sulfide) groups is 1. The van der Waals surface area contributed by atoms with Gasteiger partial charge >= 0.3 is 0 Å². The van der Waals surface area contributed by atoms with Crippen molar-refractivity contribution in [2.75, 3.05) is 58.0 Å². The van der Waals surface area contributed by atoms with Crippen molar-refractivity contribution < 1.29 is 14.3 Å². The van der Waals surface area contributed by atoms with Crippen LogP contribution in [0.2, 0.25) is 0 Å². The number of methoxy groups -OCH3 is 1. The van der Waals surface area contributed by atoms with Crippen molar-refractivity contribution in [2.24, 2.45) is 0 Å². The van der Waals surface area contributed by atoms with Gasteiger partial charge in [-0.2, -0.15) is 0 Å². The average molecular weight is 414 g/mol. The van der Waals surface area contributed by atoms with Gasteiger partial charge in [-0.05, 0) is 24.3 Å². The summed E-state index contributed by atoms with van der Waals surface area (Å²) in [6.07, 6.45) is 0. The molecule has 0 aliphatic carbocycles. The third kappa shape index (κ3) is 5.03. The van der Waals surface area contributed by atoms with E-state index in [1.807, 2.05) is 53.4 Å². The lowest BCUT2D eigenvalue weighted by molar-refractivity contribution is -0.125. The van der Waals surface area contributed by atoms with Crippen LogP contribution in [0.3, 0.4) is 0 Å². The number of hydrogen-bond donors (Lipinski definition) is 0. The Morgan fingerprint density at radius 1 is 1.00 bits per heavy atom. The second-order valence-electron chi connectivity index (χ2n) is 7.02. The molecule has 0 spiro atoms. The van der Waals surface area contributed by atoms with Crippen LogP contribution in [0.15, 0.2) is 53.4 Å². The number of piperazine rings is 1. The highest BCUT2D eigenvalue weighted by molar-refractivity contribution is 8.00. The summed E-state index contributed by atoms with van der Waals surface area (Å²) in [4.78, 5) is 31.6. The first-order valence-electron chi connectivity index (χ1n) is 9.60. The first kappa shape index (κ1) is 21.0. The molecule has 7 heteroatoms. The predicted molar refractivity (Wildman–Crippen MR) is 117 cm³/mol. The number of hydrogen-bond acceptors (Lipinski definition) is 5. The van der Waals surface area contributed by atoms with Crippen LogP contribution in [-0.2, 0) is 4.79 Å². The number of amides is 2. The lowest BCUT2D eigenvalue weighted by Crippen LogP contribution is -2.49. The molecule has 3 rings (SSSR count). The molecule has 0 saturated carbocycles. The summed E-state index contributed by atoms with van der Waals surface area (Å²) in [7, 11) is 5.15. The Hall–Kier alpha value is -2.67. The molecule has 0 aromatic heterocycles. The van der Waals surface area contributed by atoms with Crippen molar-refractivity contribution in [3.8, 4) is 5.75 Å². The molecule has 0 radical (unpaired) electrons. The van der Waals surface area contributed by atoms with Crippen molar-refractivity contribution in [2.45, 2.75) is 4.90 Å². The van der Waals surface area contributed by atoms with E-state index in [4.69, 9.17) is 4.74 Å². The molecule has 154 valence electrons. The Bertz CT molecular complexity index is 864. The van der Waals surface area contributed by atoms with E-state index in [1.54, 1.807) is 26.1 Å². The normalized spacial score (nSPS) is 13.9. The van der Waals surface area contributed by atoms with Gasteiger partial charge in [0.2, 0.25) is 5.91 Å². The molecule has 0 unspecified atom stereocenters. The molecule has 2 amide bonds. The molecule has 1 aliphatic heterocycles. The number of para-hydroxylation sites is 2. The maximum Gasteiger partial charge on any atom is 0.255 e. The predicted octanol–water partition coefficient (Wildman–Crippen LogP) is 2.84. The molecule has 0 atom stereocenters. The summed E-state index contributed by atoms with van der Waals surface area (Å²) in [5.41, 5.74) is 1.72. The molecular formula is C22H27N3O3S. The van der Waals surface area contributed by atoms with Crippen LogP contribution in [0.5, 0.6) is 5.75 Å². The summed E-state index contributed by atoms with van der Waals surface area (Å²) in [5, 5.41) is 0. The highest BCUT2D eigenvalue weighted by Crippen LogP contribution is 2.29. The zero-order valence-electron chi connectivity index (χ0n) is 17.1. The third-order valence-electron chi connectivity index (χ3n) is 4.96. The molecule has 0 bridgehead atoms. The Balaban J connectivity index is 1.66. The van der Waals surface area contributed by atoms with Crippen LogP contribution in [-0.4, -0.2) is 74.8 Å². The van der Waals surface area contributed by atoms with Crippen molar-refractivity contribution in [1.82, 2.24) is 9.80 Å². The Morgan fingerprint density at radius 2 is 1.66 bits per heavy atom. The van der Waals surface area contributed by atoms with E-state index in [1.165, 1.54) is 11.8 Å². The molecule has 1 heterocycles. The highest BCUT2D eigenvalue weighted by atomic mass is 32.2. The fraction of sp³-hybridized carbons (Fsp3) is 0.364. The maximum atomic E-state index is 13.1. The lowest BCUT2D eigenvalue weighted by atomic mass is 10.1. The van der Waals surface area contributed by atoms with Gasteiger partial charge in [-0.1, -0.05) is 24.3 Å². The van der Waals surface area contributed by atoms with Crippen LogP contribution in [0.25, 0.3) is 0 Å². The van der Waals surface area contributed by atoms with Gasteiger partial charge in [-0.3, -0.25) is 9.59 Å². The molecule has 1 fully saturated rings. The molecule has 2 aromatic carbocycles. The standard InChI is InChI=1S/C22H27N3O3S/c1-23(2)21(26)16-29-20-11-7-4-8-17(20)22(27)25-14-12-24(13-15-25)18-9-5-6-10-19(18)28-3/h4-11H,12-16H2,1-3H3. The van der Waals surface area contributed by atoms with Crippen molar-refractivity contribution in [3.63, 3.8) is 0 Å². The van der Waals surface area contributed by atoms with Gasteiger partial charge in [0.25, 0.3) is 5.91 Å². The molecule has 29 heavy (non-hydrogen) atoms. The second-order valence-corrected chi connectivity index (χ2v) is 8.04. The fourth-order valence-corrected chi connectivity index (χ4v) is 4.27. The number of nitrogens with zero attached hydrogens (tertiary/aromatic N) is 3. The highest BCUT2D eigenvalue weighted by Gasteiger charge is 2.25. The quantitative estimate of drug-likeness (QED) is 0.682. The first-order valence-corrected chi connectivity index (χ1v) is 10.6. The summed E-state index contributed by atoms with van der Waals surface area (Å²) in [6, 6.07) is 15.5. The van der Waals surface area contributed by atoms with E-state index in [-0.39, 0.29) is 11.8 Å². The number of benzene rings is 2. The number of rotatable bonds is 6. The van der Waals surface area contributed by atoms with Crippen molar-refractivity contribution >= 4 is 29.3 Å². The first-order chi connectivity index (χ1) is 14.0. The minimum absolute atomic E-state index is 0.0186. The van der Waals surface area contributed by atoms with Crippen molar-refractivity contribution in [3.05, 3.63) is 54.1 Å². The summed E-state index contributed by atoms with van der Waals surface area (Å²) >= 11 is 1.41. The van der Waals surface area contributed by atoms with Gasteiger partial charge in [0, 0.05) is 45.2 Å². The summed E-state index contributed by atoms with van der Waals surface area (Å²) < 4.78 is 5.46. The van der Waals surface area contributed by atoms with Gasteiger partial charge in [-0.25, -0.2) is 0 Å². The van der Waals surface area contributed by atoms with Crippen LogP contribution in [0.1, 0.15) is 10.4 Å². The van der Waals surface area contributed by atoms with Gasteiger partial charge in [0.1, 0.15) is 5.75 Å². The largest absolute Gasteiger partial charge is 0.495 e. The van der Waals surface area contributed by atoms with Crippen LogP contribution < -0.4 is 9.64 Å². The number of ether oxygens (including phenoxy) is 1. The van der Waals surface area contributed by atoms with Gasteiger partial charge in [0.15, 0.2) is 0 Å². The minimum Gasteiger partial charge on any atom is -0.495 e. The molecular weight excluding hydrogens is 386 g/mol. The van der Waals surface area contributed by atoms with E-state index in [0.717, 1.165) is 29.4 Å². The topological polar surface area (TPSA) is 53.1 Å². The van der Waals surface area contributed by atoms with E-state index in [2.05, 4.69) is 4.90 Å². The van der Waals surface area contributed by atoms with Crippen molar-refractivity contribution in [1.29, 1.82) is 0 Å². The minimum atomic E-state index is 0.0186.